The lowest BCUT2D eigenvalue weighted by Crippen LogP contribution is -2.48. The van der Waals surface area contributed by atoms with Gasteiger partial charge in [-0.25, -0.2) is 4.79 Å². The van der Waals surface area contributed by atoms with Gasteiger partial charge in [-0.1, -0.05) is 41.4 Å². The summed E-state index contributed by atoms with van der Waals surface area (Å²) in [6.45, 7) is 5.27. The Hall–Kier alpha value is -2.77. The summed E-state index contributed by atoms with van der Waals surface area (Å²) in [4.78, 5) is 39.8. The molecule has 2 aromatic rings. The van der Waals surface area contributed by atoms with E-state index in [4.69, 9.17) is 32.7 Å². The first-order chi connectivity index (χ1) is 14.5. The fourth-order valence-corrected chi connectivity index (χ4v) is 3.41. The molecule has 9 heteroatoms. The van der Waals surface area contributed by atoms with E-state index >= 15 is 0 Å². The van der Waals surface area contributed by atoms with E-state index in [1.807, 2.05) is 6.07 Å². The predicted molar refractivity (Wildman–Crippen MR) is 118 cm³/mol. The molecule has 7 nitrogen and oxygen atoms in total. The lowest BCUT2D eigenvalue weighted by atomic mass is 10.0. The van der Waals surface area contributed by atoms with Crippen LogP contribution in [-0.4, -0.2) is 36.2 Å². The van der Waals surface area contributed by atoms with Crippen LogP contribution in [0.4, 0.5) is 10.5 Å². The van der Waals surface area contributed by atoms with E-state index in [1.165, 1.54) is 23.1 Å². The second-order valence-electron chi connectivity index (χ2n) is 8.01. The third-order valence-corrected chi connectivity index (χ3v) is 5.21. The van der Waals surface area contributed by atoms with Crippen LogP contribution in [0, 0.1) is 5.92 Å². The molecule has 1 saturated heterocycles. The molecule has 2 aromatic carbocycles. The molecule has 1 fully saturated rings. The van der Waals surface area contributed by atoms with Crippen LogP contribution >= 0.6 is 23.2 Å². The molecular formula is C22H22Cl2N2O5. The van der Waals surface area contributed by atoms with Gasteiger partial charge in [0.25, 0.3) is 5.91 Å². The Kier molecular flexibility index (Phi) is 6.77. The topological polar surface area (TPSA) is 84.9 Å². The van der Waals surface area contributed by atoms with Gasteiger partial charge in [-0.15, -0.1) is 0 Å². The number of nitrogens with zero attached hydrogens (tertiary/aromatic N) is 1. The summed E-state index contributed by atoms with van der Waals surface area (Å²) < 4.78 is 10.7. The zero-order chi connectivity index (χ0) is 22.8. The van der Waals surface area contributed by atoms with Gasteiger partial charge >= 0.3 is 12.1 Å². The molecule has 1 N–H and O–H groups in total. The number of hydrogen-bond donors (Lipinski definition) is 1. The number of rotatable bonds is 4. The van der Waals surface area contributed by atoms with Crippen LogP contribution in [0.15, 0.2) is 48.5 Å². The van der Waals surface area contributed by atoms with Crippen molar-refractivity contribution in [1.82, 2.24) is 5.32 Å². The number of hydrogen-bond acceptors (Lipinski definition) is 5. The van der Waals surface area contributed by atoms with Crippen molar-refractivity contribution in [2.24, 2.45) is 5.92 Å². The second kappa shape index (κ2) is 9.16. The summed E-state index contributed by atoms with van der Waals surface area (Å²) in [5.41, 5.74) is -0.131. The maximum Gasteiger partial charge on any atom is 0.413 e. The Morgan fingerprint density at radius 3 is 2.35 bits per heavy atom. The Labute approximate surface area is 190 Å². The Morgan fingerprint density at radius 1 is 1.06 bits per heavy atom. The molecule has 0 saturated carbocycles. The van der Waals surface area contributed by atoms with Crippen molar-refractivity contribution in [2.45, 2.75) is 32.4 Å². The van der Waals surface area contributed by atoms with Crippen molar-refractivity contribution in [1.29, 1.82) is 0 Å². The number of para-hydroxylation sites is 1. The minimum atomic E-state index is -1.15. The quantitative estimate of drug-likeness (QED) is 0.675. The molecule has 0 unspecified atom stereocenters. The van der Waals surface area contributed by atoms with Crippen LogP contribution in [-0.2, 0) is 14.3 Å². The zero-order valence-corrected chi connectivity index (χ0v) is 18.7. The van der Waals surface area contributed by atoms with Crippen LogP contribution in [0.25, 0.3) is 0 Å². The van der Waals surface area contributed by atoms with Crippen LogP contribution in [0.5, 0.6) is 5.75 Å². The fraction of sp³-hybridized carbons (Fsp3) is 0.318. The summed E-state index contributed by atoms with van der Waals surface area (Å²) in [6.07, 6.45) is -0.903. The number of esters is 1. The standard InChI is InChI=1S/C22H22Cl2N2O5/c1-22(2,3)31-20(28)15-12-26(13-7-5-4-6-8-13)19(27)18(15)25-21(29)30-14-9-10-16(23)17(24)11-14/h4-11,15,18H,12H2,1-3H3,(H,25,29)/t15-,18-/m1/s1. The molecule has 31 heavy (non-hydrogen) atoms. The third-order valence-electron chi connectivity index (χ3n) is 4.47. The van der Waals surface area contributed by atoms with Crippen molar-refractivity contribution < 1.29 is 23.9 Å². The Bertz CT molecular complexity index is 991. The summed E-state index contributed by atoms with van der Waals surface area (Å²) in [5, 5.41) is 3.02. The molecule has 164 valence electrons. The fourth-order valence-electron chi connectivity index (χ4n) is 3.13. The number of carbonyl (C=O) groups is 3. The first-order valence-electron chi connectivity index (χ1n) is 9.58. The van der Waals surface area contributed by atoms with Crippen molar-refractivity contribution in [3.05, 3.63) is 58.6 Å². The molecule has 0 bridgehead atoms. The first-order valence-corrected chi connectivity index (χ1v) is 10.3. The van der Waals surface area contributed by atoms with Gasteiger partial charge in [-0.05, 0) is 45.0 Å². The number of carbonyl (C=O) groups excluding carboxylic acids is 3. The summed E-state index contributed by atoms with van der Waals surface area (Å²) in [5.74, 6) is -1.79. The number of halogens is 2. The largest absolute Gasteiger partial charge is 0.460 e. The molecule has 1 aliphatic heterocycles. The average Bonchev–Trinajstić information content (AvgIpc) is 3.01. The van der Waals surface area contributed by atoms with E-state index in [-0.39, 0.29) is 17.3 Å². The molecule has 0 aromatic heterocycles. The molecule has 0 radical (unpaired) electrons. The van der Waals surface area contributed by atoms with E-state index in [9.17, 15) is 14.4 Å². The summed E-state index contributed by atoms with van der Waals surface area (Å²) in [6, 6.07) is 12.1. The second-order valence-corrected chi connectivity index (χ2v) is 8.83. The monoisotopic (exact) mass is 464 g/mol. The van der Waals surface area contributed by atoms with Crippen molar-refractivity contribution in [2.75, 3.05) is 11.4 Å². The van der Waals surface area contributed by atoms with Crippen molar-refractivity contribution in [3.8, 4) is 5.75 Å². The van der Waals surface area contributed by atoms with Gasteiger partial charge in [0.2, 0.25) is 0 Å². The highest BCUT2D eigenvalue weighted by Gasteiger charge is 2.47. The highest BCUT2D eigenvalue weighted by molar-refractivity contribution is 6.42. The smallest absolute Gasteiger partial charge is 0.413 e. The lowest BCUT2D eigenvalue weighted by Gasteiger charge is -2.24. The van der Waals surface area contributed by atoms with E-state index < -0.39 is 35.5 Å². The van der Waals surface area contributed by atoms with Crippen LogP contribution in [0.1, 0.15) is 20.8 Å². The maximum atomic E-state index is 13.1. The molecule has 1 heterocycles. The number of ether oxygens (including phenoxy) is 2. The minimum Gasteiger partial charge on any atom is -0.460 e. The third kappa shape index (κ3) is 5.68. The SMILES string of the molecule is CC(C)(C)OC(=O)[C@@H]1CN(c2ccccc2)C(=O)[C@@H]1NC(=O)Oc1ccc(Cl)c(Cl)c1. The van der Waals surface area contributed by atoms with Gasteiger partial charge in [0.15, 0.2) is 0 Å². The predicted octanol–water partition coefficient (Wildman–Crippen LogP) is 4.46. The van der Waals surface area contributed by atoms with Crippen LogP contribution < -0.4 is 15.0 Å². The Morgan fingerprint density at radius 2 is 1.74 bits per heavy atom. The number of benzene rings is 2. The summed E-state index contributed by atoms with van der Waals surface area (Å²) >= 11 is 11.8. The van der Waals surface area contributed by atoms with Crippen LogP contribution in [0.2, 0.25) is 10.0 Å². The molecule has 3 rings (SSSR count). The molecule has 0 aliphatic carbocycles. The first kappa shape index (κ1) is 22.9. The highest BCUT2D eigenvalue weighted by Crippen LogP contribution is 2.29. The molecule has 0 spiro atoms. The number of nitrogens with one attached hydrogen (secondary N) is 1. The van der Waals surface area contributed by atoms with Gasteiger partial charge in [-0.3, -0.25) is 9.59 Å². The minimum absolute atomic E-state index is 0.0650. The zero-order valence-electron chi connectivity index (χ0n) is 17.2. The van der Waals surface area contributed by atoms with Crippen molar-refractivity contribution in [3.63, 3.8) is 0 Å². The Balaban J connectivity index is 1.80. The maximum absolute atomic E-state index is 13.1. The molecule has 2 amide bonds. The number of anilines is 1. The van der Waals surface area contributed by atoms with Gasteiger partial charge in [-0.2, -0.15) is 0 Å². The highest BCUT2D eigenvalue weighted by atomic mass is 35.5. The van der Waals surface area contributed by atoms with E-state index in [0.29, 0.717) is 10.7 Å². The van der Waals surface area contributed by atoms with Gasteiger partial charge < -0.3 is 19.7 Å². The van der Waals surface area contributed by atoms with Gasteiger partial charge in [0.05, 0.1) is 10.0 Å². The average molecular weight is 465 g/mol. The van der Waals surface area contributed by atoms with Crippen molar-refractivity contribution >= 4 is 46.9 Å². The summed E-state index contributed by atoms with van der Waals surface area (Å²) in [7, 11) is 0. The molecular weight excluding hydrogens is 443 g/mol. The van der Waals surface area contributed by atoms with Crippen LogP contribution in [0.3, 0.4) is 0 Å². The van der Waals surface area contributed by atoms with E-state index in [0.717, 1.165) is 0 Å². The van der Waals surface area contributed by atoms with E-state index in [1.54, 1.807) is 45.0 Å². The molecule has 1 aliphatic rings. The molecule has 2 atom stereocenters. The van der Waals surface area contributed by atoms with Gasteiger partial charge in [0.1, 0.15) is 23.3 Å². The van der Waals surface area contributed by atoms with E-state index in [2.05, 4.69) is 5.32 Å². The van der Waals surface area contributed by atoms with Gasteiger partial charge in [0, 0.05) is 18.3 Å². The normalized spacial score (nSPS) is 18.6. The number of amides is 2. The lowest BCUT2D eigenvalue weighted by molar-refractivity contribution is -0.160.